The van der Waals surface area contributed by atoms with Crippen LogP contribution in [0.5, 0.6) is 0 Å². The van der Waals surface area contributed by atoms with Crippen LogP contribution in [0.2, 0.25) is 0 Å². The molecule has 1 saturated carbocycles. The van der Waals surface area contributed by atoms with E-state index in [1.54, 1.807) is 35.2 Å². The Bertz CT molecular complexity index is 1140. The number of rotatable bonds is 9. The van der Waals surface area contributed by atoms with Crippen molar-refractivity contribution in [2.24, 2.45) is 0 Å². The molecule has 4 rings (SSSR count). The van der Waals surface area contributed by atoms with Gasteiger partial charge in [-0.15, -0.1) is 0 Å². The highest BCUT2D eigenvalue weighted by molar-refractivity contribution is 8.00. The Morgan fingerprint density at radius 2 is 1.89 bits per heavy atom. The van der Waals surface area contributed by atoms with Crippen LogP contribution in [0, 0.1) is 11.3 Å². The van der Waals surface area contributed by atoms with Gasteiger partial charge in [0, 0.05) is 11.7 Å². The summed E-state index contributed by atoms with van der Waals surface area (Å²) >= 11 is 1.24. The molecule has 1 aliphatic carbocycles. The van der Waals surface area contributed by atoms with E-state index in [4.69, 9.17) is 0 Å². The fraction of sp³-hybridized carbons (Fsp3) is 0.464. The molecule has 0 radical (unpaired) electrons. The molecule has 1 atom stereocenters. The fourth-order valence-corrected chi connectivity index (χ4v) is 5.91. The summed E-state index contributed by atoms with van der Waals surface area (Å²) in [6.07, 6.45) is 7.64. The van der Waals surface area contributed by atoms with Gasteiger partial charge in [-0.2, -0.15) is 5.26 Å². The average Bonchev–Trinajstić information content (AvgIpc) is 3.20. The van der Waals surface area contributed by atoms with Crippen molar-refractivity contribution >= 4 is 35.2 Å². The van der Waals surface area contributed by atoms with Gasteiger partial charge in [-0.3, -0.25) is 14.4 Å². The first-order valence-electron chi connectivity index (χ1n) is 12.8. The van der Waals surface area contributed by atoms with Gasteiger partial charge in [0.25, 0.3) is 5.91 Å². The molecular weight excluding hydrogens is 472 g/mol. The Hall–Kier alpha value is -3.18. The Morgan fingerprint density at radius 1 is 1.14 bits per heavy atom. The van der Waals surface area contributed by atoms with Crippen LogP contribution < -0.4 is 4.90 Å². The first-order valence-corrected chi connectivity index (χ1v) is 13.8. The van der Waals surface area contributed by atoms with Crippen molar-refractivity contribution in [3.63, 3.8) is 0 Å². The van der Waals surface area contributed by atoms with Crippen LogP contribution in [0.4, 0.5) is 5.69 Å². The third-order valence-electron chi connectivity index (χ3n) is 6.89. The number of carbonyl (C=O) groups is 3. The first-order chi connectivity index (χ1) is 17.5. The highest BCUT2D eigenvalue weighted by Gasteiger charge is 2.46. The molecule has 2 aromatic rings. The van der Waals surface area contributed by atoms with Gasteiger partial charge in [0.2, 0.25) is 11.8 Å². The molecule has 2 fully saturated rings. The number of nitriles is 1. The molecule has 1 aliphatic heterocycles. The summed E-state index contributed by atoms with van der Waals surface area (Å²) in [6.45, 7) is 2.12. The molecule has 188 valence electrons. The van der Waals surface area contributed by atoms with Crippen molar-refractivity contribution in [1.82, 2.24) is 9.88 Å². The Kier molecular flexibility index (Phi) is 8.76. The second-order valence-corrected chi connectivity index (χ2v) is 10.3. The summed E-state index contributed by atoms with van der Waals surface area (Å²) in [5.41, 5.74) is 1.89. The number of thioether (sulfide) groups is 1. The number of amides is 3. The van der Waals surface area contributed by atoms with Crippen LogP contribution in [0.15, 0.2) is 47.5 Å². The van der Waals surface area contributed by atoms with Crippen LogP contribution in [0.25, 0.3) is 0 Å². The second-order valence-electron chi connectivity index (χ2n) is 9.38. The van der Waals surface area contributed by atoms with Crippen LogP contribution in [-0.4, -0.2) is 45.4 Å². The van der Waals surface area contributed by atoms with Crippen LogP contribution >= 0.6 is 11.8 Å². The minimum atomic E-state index is -0.798. The van der Waals surface area contributed by atoms with Crippen LogP contribution in [0.1, 0.15) is 69.5 Å². The minimum Gasteiger partial charge on any atom is -0.326 e. The van der Waals surface area contributed by atoms with E-state index < -0.39 is 6.04 Å². The van der Waals surface area contributed by atoms with Gasteiger partial charge >= 0.3 is 0 Å². The van der Waals surface area contributed by atoms with E-state index >= 15 is 0 Å². The quantitative estimate of drug-likeness (QED) is 0.357. The lowest BCUT2D eigenvalue weighted by atomic mass is 9.92. The van der Waals surface area contributed by atoms with Gasteiger partial charge in [-0.25, -0.2) is 9.88 Å². The van der Waals surface area contributed by atoms with E-state index in [9.17, 15) is 19.6 Å². The van der Waals surface area contributed by atoms with E-state index in [2.05, 4.69) is 18.0 Å². The van der Waals surface area contributed by atoms with Crippen molar-refractivity contribution < 1.29 is 14.4 Å². The van der Waals surface area contributed by atoms with E-state index in [0.29, 0.717) is 16.3 Å². The molecule has 1 saturated heterocycles. The summed E-state index contributed by atoms with van der Waals surface area (Å²) in [6, 6.07) is 13.8. The highest BCUT2D eigenvalue weighted by Crippen LogP contribution is 2.32. The molecule has 7 nitrogen and oxygen atoms in total. The molecule has 8 heteroatoms. The molecule has 1 aromatic carbocycles. The smallest absolute Gasteiger partial charge is 0.257 e. The number of aryl methyl sites for hydroxylation is 1. The van der Waals surface area contributed by atoms with Crippen LogP contribution in [0.3, 0.4) is 0 Å². The third-order valence-corrected chi connectivity index (χ3v) is 7.86. The van der Waals surface area contributed by atoms with Crippen molar-refractivity contribution in [2.45, 2.75) is 81.8 Å². The zero-order valence-electron chi connectivity index (χ0n) is 20.7. The number of carbonyl (C=O) groups excluding carboxylic acids is 3. The van der Waals surface area contributed by atoms with Crippen molar-refractivity contribution in [2.75, 3.05) is 10.7 Å². The second kappa shape index (κ2) is 12.2. The Labute approximate surface area is 216 Å². The minimum absolute atomic E-state index is 0.00513. The number of unbranched alkanes of at least 4 members (excludes halogenated alkanes) is 1. The standard InChI is InChI=1S/C28H32N4O3S/c1-2-3-10-21-16-15-20(18-29)27(30-21)36-19-26(34)31(22-11-6-4-7-12-22)24-17-25(33)32(28(24)35)23-13-8-5-9-14-23/h5,8-9,13-16,22,24H,2-4,6-7,10-12,17,19H2,1H3. The summed E-state index contributed by atoms with van der Waals surface area (Å²) in [4.78, 5) is 47.6. The molecular formula is C28H32N4O3S. The summed E-state index contributed by atoms with van der Waals surface area (Å²) in [7, 11) is 0. The molecule has 2 heterocycles. The van der Waals surface area contributed by atoms with E-state index in [0.717, 1.165) is 57.1 Å². The predicted molar refractivity (Wildman–Crippen MR) is 139 cm³/mol. The molecule has 3 amide bonds. The van der Waals surface area contributed by atoms with Gasteiger partial charge in [-0.1, -0.05) is 62.6 Å². The van der Waals surface area contributed by atoms with Crippen molar-refractivity contribution in [1.29, 1.82) is 5.26 Å². The first kappa shape index (κ1) is 25.9. The lowest BCUT2D eigenvalue weighted by molar-refractivity contribution is -0.139. The molecule has 2 aliphatic rings. The van der Waals surface area contributed by atoms with E-state index in [1.165, 1.54) is 16.7 Å². The fourth-order valence-electron chi connectivity index (χ4n) is 5.05. The van der Waals surface area contributed by atoms with Gasteiger partial charge in [0.15, 0.2) is 0 Å². The molecule has 0 spiro atoms. The van der Waals surface area contributed by atoms with Gasteiger partial charge in [0.05, 0.1) is 23.4 Å². The highest BCUT2D eigenvalue weighted by atomic mass is 32.2. The van der Waals surface area contributed by atoms with Gasteiger partial charge in [0.1, 0.15) is 17.1 Å². The summed E-state index contributed by atoms with van der Waals surface area (Å²) in [5, 5.41) is 10.1. The average molecular weight is 505 g/mol. The maximum atomic E-state index is 13.7. The number of pyridine rings is 1. The third kappa shape index (κ3) is 5.79. The SMILES string of the molecule is CCCCc1ccc(C#N)c(SCC(=O)N(C2CCCCC2)C2CC(=O)N(c3ccccc3)C2=O)n1. The predicted octanol–water partition coefficient (Wildman–Crippen LogP) is 4.88. The zero-order valence-corrected chi connectivity index (χ0v) is 21.5. The lowest BCUT2D eigenvalue weighted by Gasteiger charge is -2.37. The lowest BCUT2D eigenvalue weighted by Crippen LogP contribution is -2.52. The Morgan fingerprint density at radius 3 is 2.58 bits per heavy atom. The topological polar surface area (TPSA) is 94.4 Å². The summed E-state index contributed by atoms with van der Waals surface area (Å²) < 4.78 is 0. The number of nitrogens with zero attached hydrogens (tertiary/aromatic N) is 4. The number of para-hydroxylation sites is 1. The molecule has 0 bridgehead atoms. The number of hydrogen-bond acceptors (Lipinski definition) is 6. The zero-order chi connectivity index (χ0) is 25.5. The van der Waals surface area contributed by atoms with E-state index in [1.807, 2.05) is 12.1 Å². The van der Waals surface area contributed by atoms with Crippen molar-refractivity contribution in [3.05, 3.63) is 53.7 Å². The number of aromatic nitrogens is 1. The van der Waals surface area contributed by atoms with E-state index in [-0.39, 0.29) is 35.9 Å². The molecule has 0 N–H and O–H groups in total. The molecule has 1 unspecified atom stereocenters. The van der Waals surface area contributed by atoms with Gasteiger partial charge < -0.3 is 4.90 Å². The van der Waals surface area contributed by atoms with Crippen molar-refractivity contribution in [3.8, 4) is 6.07 Å². The number of imide groups is 1. The monoisotopic (exact) mass is 504 g/mol. The largest absolute Gasteiger partial charge is 0.326 e. The number of anilines is 1. The maximum Gasteiger partial charge on any atom is 0.257 e. The van der Waals surface area contributed by atoms with Crippen LogP contribution in [-0.2, 0) is 20.8 Å². The number of hydrogen-bond donors (Lipinski definition) is 0. The Balaban J connectivity index is 1.55. The molecule has 36 heavy (non-hydrogen) atoms. The maximum absolute atomic E-state index is 13.7. The summed E-state index contributed by atoms with van der Waals surface area (Å²) in [5.74, 6) is -0.738. The van der Waals surface area contributed by atoms with Gasteiger partial charge in [-0.05, 0) is 49.9 Å². The number of benzene rings is 1. The molecule has 1 aromatic heterocycles. The normalized spacial score (nSPS) is 18.3.